The van der Waals surface area contributed by atoms with Gasteiger partial charge in [-0.15, -0.1) is 0 Å². The van der Waals surface area contributed by atoms with Gasteiger partial charge in [0.05, 0.1) is 18.2 Å². The Bertz CT molecular complexity index is 971. The normalized spacial score (nSPS) is 12.1. The first-order valence-electron chi connectivity index (χ1n) is 9.43. The van der Waals surface area contributed by atoms with Crippen LogP contribution in [-0.2, 0) is 4.79 Å². The summed E-state index contributed by atoms with van der Waals surface area (Å²) in [5, 5.41) is 7.13. The van der Waals surface area contributed by atoms with Gasteiger partial charge in [-0.1, -0.05) is 78.9 Å². The van der Waals surface area contributed by atoms with E-state index in [2.05, 4.69) is 15.8 Å². The predicted octanol–water partition coefficient (Wildman–Crippen LogP) is 4.09. The molecule has 0 radical (unpaired) electrons. The first-order chi connectivity index (χ1) is 14.1. The number of carbonyl (C=O) groups excluding carboxylic acids is 2. The molecule has 0 saturated heterocycles. The fourth-order valence-corrected chi connectivity index (χ4v) is 2.89. The van der Waals surface area contributed by atoms with E-state index in [9.17, 15) is 9.59 Å². The van der Waals surface area contributed by atoms with Gasteiger partial charge in [0.1, 0.15) is 0 Å². The van der Waals surface area contributed by atoms with E-state index < -0.39 is 6.04 Å². The van der Waals surface area contributed by atoms with Crippen LogP contribution in [0.15, 0.2) is 96.1 Å². The predicted molar refractivity (Wildman–Crippen MR) is 115 cm³/mol. The van der Waals surface area contributed by atoms with E-state index in [4.69, 9.17) is 0 Å². The number of nitrogens with one attached hydrogen (secondary N) is 2. The van der Waals surface area contributed by atoms with Crippen molar-refractivity contribution in [3.8, 4) is 0 Å². The van der Waals surface area contributed by atoms with E-state index in [1.54, 1.807) is 24.3 Å². The second-order valence-corrected chi connectivity index (χ2v) is 6.61. The van der Waals surface area contributed by atoms with Crippen LogP contribution in [0.4, 0.5) is 0 Å². The lowest BCUT2D eigenvalue weighted by Gasteiger charge is -2.18. The third-order valence-electron chi connectivity index (χ3n) is 4.47. The van der Waals surface area contributed by atoms with Crippen LogP contribution in [0.2, 0.25) is 0 Å². The van der Waals surface area contributed by atoms with Crippen LogP contribution in [0, 0.1) is 0 Å². The molecule has 3 rings (SSSR count). The molecule has 0 aliphatic heterocycles. The van der Waals surface area contributed by atoms with Gasteiger partial charge in [-0.25, -0.2) is 5.43 Å². The van der Waals surface area contributed by atoms with Gasteiger partial charge < -0.3 is 5.32 Å². The van der Waals surface area contributed by atoms with E-state index >= 15 is 0 Å². The Morgan fingerprint density at radius 1 is 0.793 bits per heavy atom. The fourth-order valence-electron chi connectivity index (χ4n) is 2.89. The van der Waals surface area contributed by atoms with Gasteiger partial charge in [-0.05, 0) is 30.2 Å². The third kappa shape index (κ3) is 5.87. The molecule has 2 N–H and O–H groups in total. The second kappa shape index (κ2) is 9.99. The summed E-state index contributed by atoms with van der Waals surface area (Å²) in [6, 6.07) is 27.5. The molecule has 0 heterocycles. The number of hydrogen-bond donors (Lipinski definition) is 2. The monoisotopic (exact) mass is 385 g/mol. The molecule has 29 heavy (non-hydrogen) atoms. The van der Waals surface area contributed by atoms with E-state index in [1.807, 2.05) is 73.7 Å². The van der Waals surface area contributed by atoms with Crippen LogP contribution in [0.1, 0.15) is 40.9 Å². The van der Waals surface area contributed by atoms with Crippen LogP contribution in [0.3, 0.4) is 0 Å². The standard InChI is InChI=1S/C24H23N3O2/c1-18(19-11-5-2-6-12-19)26-27-23(28)17-22(20-13-7-3-8-14-20)25-24(29)21-15-9-4-10-16-21/h2-16,22H,17H2,1H3,(H,25,29)(H,27,28)/b26-18-. The highest BCUT2D eigenvalue weighted by molar-refractivity contribution is 5.99. The van der Waals surface area contributed by atoms with Crippen molar-refractivity contribution in [1.29, 1.82) is 0 Å². The van der Waals surface area contributed by atoms with Gasteiger partial charge >= 0.3 is 0 Å². The Hall–Kier alpha value is -3.73. The summed E-state index contributed by atoms with van der Waals surface area (Å²) in [4.78, 5) is 25.1. The van der Waals surface area contributed by atoms with Gasteiger partial charge in [0.25, 0.3) is 5.91 Å². The molecule has 0 fully saturated rings. The third-order valence-corrected chi connectivity index (χ3v) is 4.47. The number of benzene rings is 3. The molecule has 5 nitrogen and oxygen atoms in total. The first-order valence-corrected chi connectivity index (χ1v) is 9.43. The molecule has 146 valence electrons. The summed E-state index contributed by atoms with van der Waals surface area (Å²) in [5.41, 5.74) is 5.64. The molecular weight excluding hydrogens is 362 g/mol. The lowest BCUT2D eigenvalue weighted by atomic mass is 10.0. The number of carbonyl (C=O) groups is 2. The molecular formula is C24H23N3O2. The second-order valence-electron chi connectivity index (χ2n) is 6.61. The van der Waals surface area contributed by atoms with Gasteiger partial charge in [-0.2, -0.15) is 5.10 Å². The average molecular weight is 385 g/mol. The Kier molecular flexibility index (Phi) is 6.90. The maximum absolute atomic E-state index is 12.6. The van der Waals surface area contributed by atoms with Crippen molar-refractivity contribution in [2.24, 2.45) is 5.10 Å². The molecule has 3 aromatic carbocycles. The minimum absolute atomic E-state index is 0.0775. The summed E-state index contributed by atoms with van der Waals surface area (Å²) in [6.45, 7) is 1.83. The molecule has 0 spiro atoms. The maximum Gasteiger partial charge on any atom is 0.251 e. The highest BCUT2D eigenvalue weighted by Crippen LogP contribution is 2.17. The van der Waals surface area contributed by atoms with Crippen LogP contribution in [0.5, 0.6) is 0 Å². The largest absolute Gasteiger partial charge is 0.345 e. The van der Waals surface area contributed by atoms with E-state index in [0.717, 1.165) is 11.1 Å². The topological polar surface area (TPSA) is 70.6 Å². The summed E-state index contributed by atoms with van der Waals surface area (Å²) in [6.07, 6.45) is 0.0775. The zero-order valence-corrected chi connectivity index (χ0v) is 16.2. The smallest absolute Gasteiger partial charge is 0.251 e. The highest BCUT2D eigenvalue weighted by Gasteiger charge is 2.19. The number of rotatable bonds is 7. The van der Waals surface area contributed by atoms with Crippen LogP contribution >= 0.6 is 0 Å². The van der Waals surface area contributed by atoms with Gasteiger partial charge in [-0.3, -0.25) is 9.59 Å². The number of hydrazone groups is 1. The van der Waals surface area contributed by atoms with Crippen molar-refractivity contribution < 1.29 is 9.59 Å². The number of amides is 2. The minimum Gasteiger partial charge on any atom is -0.345 e. The van der Waals surface area contributed by atoms with E-state index in [0.29, 0.717) is 11.3 Å². The molecule has 1 atom stereocenters. The molecule has 0 saturated carbocycles. The van der Waals surface area contributed by atoms with Crippen molar-refractivity contribution in [2.75, 3.05) is 0 Å². The molecule has 0 aliphatic rings. The summed E-state index contributed by atoms with van der Waals surface area (Å²) < 4.78 is 0. The average Bonchev–Trinajstić information content (AvgIpc) is 2.78. The first kappa shape index (κ1) is 20.0. The molecule has 2 amide bonds. The lowest BCUT2D eigenvalue weighted by Crippen LogP contribution is -2.32. The molecule has 3 aromatic rings. The van der Waals surface area contributed by atoms with Crippen molar-refractivity contribution in [3.05, 3.63) is 108 Å². The molecule has 0 aromatic heterocycles. The number of hydrogen-bond acceptors (Lipinski definition) is 3. The van der Waals surface area contributed by atoms with E-state index in [-0.39, 0.29) is 18.2 Å². The van der Waals surface area contributed by atoms with Gasteiger partial charge in [0, 0.05) is 5.56 Å². The van der Waals surface area contributed by atoms with Gasteiger partial charge in [0.15, 0.2) is 0 Å². The summed E-state index contributed by atoms with van der Waals surface area (Å²) >= 11 is 0. The Labute approximate surface area is 170 Å². The Morgan fingerprint density at radius 3 is 1.90 bits per heavy atom. The van der Waals surface area contributed by atoms with Crippen molar-refractivity contribution in [2.45, 2.75) is 19.4 Å². The fraction of sp³-hybridized carbons (Fsp3) is 0.125. The SMILES string of the molecule is C/C(=N/NC(=O)CC(NC(=O)c1ccccc1)c1ccccc1)c1ccccc1. The quantitative estimate of drug-likeness (QED) is 0.475. The minimum atomic E-state index is -0.462. The Balaban J connectivity index is 1.70. The Morgan fingerprint density at radius 2 is 1.31 bits per heavy atom. The number of nitrogens with zero attached hydrogens (tertiary/aromatic N) is 1. The summed E-state index contributed by atoms with van der Waals surface area (Å²) in [7, 11) is 0. The van der Waals surface area contributed by atoms with Crippen molar-refractivity contribution in [3.63, 3.8) is 0 Å². The zero-order valence-electron chi connectivity index (χ0n) is 16.2. The van der Waals surface area contributed by atoms with E-state index in [1.165, 1.54) is 0 Å². The van der Waals surface area contributed by atoms with Gasteiger partial charge in [0.2, 0.25) is 5.91 Å². The van der Waals surface area contributed by atoms with Crippen LogP contribution in [0.25, 0.3) is 0 Å². The molecule has 0 aliphatic carbocycles. The van der Waals surface area contributed by atoms with Crippen LogP contribution < -0.4 is 10.7 Å². The van der Waals surface area contributed by atoms with Crippen LogP contribution in [-0.4, -0.2) is 17.5 Å². The summed E-state index contributed by atoms with van der Waals surface area (Å²) in [5.74, 6) is -0.501. The zero-order chi connectivity index (χ0) is 20.5. The molecule has 5 heteroatoms. The maximum atomic E-state index is 12.6. The lowest BCUT2D eigenvalue weighted by molar-refractivity contribution is -0.121. The highest BCUT2D eigenvalue weighted by atomic mass is 16.2. The molecule has 1 unspecified atom stereocenters. The molecule has 0 bridgehead atoms. The van der Waals surface area contributed by atoms with Crippen molar-refractivity contribution >= 4 is 17.5 Å². The van der Waals surface area contributed by atoms with Crippen molar-refractivity contribution in [1.82, 2.24) is 10.7 Å².